The molecule has 0 aliphatic carbocycles. The second-order valence-electron chi connectivity index (χ2n) is 4.26. The second kappa shape index (κ2) is 5.62. The molecule has 1 fully saturated rings. The molecule has 7 nitrogen and oxygen atoms in total. The topological polar surface area (TPSA) is 91.4 Å². The first kappa shape index (κ1) is 13.9. The third-order valence-electron chi connectivity index (χ3n) is 2.95. The second-order valence-corrected chi connectivity index (χ2v) is 5.12. The van der Waals surface area contributed by atoms with Crippen molar-refractivity contribution in [3.05, 3.63) is 37.2 Å². The fourth-order valence-electron chi connectivity index (χ4n) is 1.89. The Hall–Kier alpha value is -1.54. The SMILES string of the molecule is O=C(Cn1cc([N+](=O)[O-])cc(Br)c1=O)C1CCOC1. The summed E-state index contributed by atoms with van der Waals surface area (Å²) in [6.45, 7) is 0.709. The van der Waals surface area contributed by atoms with Gasteiger partial charge in [-0.25, -0.2) is 0 Å². The molecule has 0 aromatic carbocycles. The van der Waals surface area contributed by atoms with Crippen molar-refractivity contribution in [1.29, 1.82) is 0 Å². The van der Waals surface area contributed by atoms with Crippen molar-refractivity contribution in [3.63, 3.8) is 0 Å². The highest BCUT2D eigenvalue weighted by atomic mass is 79.9. The molecule has 0 N–H and O–H groups in total. The van der Waals surface area contributed by atoms with Gasteiger partial charge in [0.05, 0.1) is 28.7 Å². The van der Waals surface area contributed by atoms with Crippen LogP contribution in [0.25, 0.3) is 0 Å². The van der Waals surface area contributed by atoms with Crippen LogP contribution in [-0.4, -0.2) is 28.5 Å². The van der Waals surface area contributed by atoms with Crippen molar-refractivity contribution in [2.24, 2.45) is 5.92 Å². The largest absolute Gasteiger partial charge is 0.381 e. The van der Waals surface area contributed by atoms with Gasteiger partial charge in [-0.05, 0) is 22.4 Å². The van der Waals surface area contributed by atoms with E-state index >= 15 is 0 Å². The Morgan fingerprint density at radius 2 is 2.37 bits per heavy atom. The van der Waals surface area contributed by atoms with Crippen molar-refractivity contribution >= 4 is 27.4 Å². The molecule has 0 spiro atoms. The van der Waals surface area contributed by atoms with Crippen LogP contribution < -0.4 is 5.56 Å². The summed E-state index contributed by atoms with van der Waals surface area (Å²) in [6.07, 6.45) is 1.71. The number of aromatic nitrogens is 1. The fraction of sp³-hybridized carbons (Fsp3) is 0.455. The number of ether oxygens (including phenoxy) is 1. The fourth-order valence-corrected chi connectivity index (χ4v) is 2.35. The third kappa shape index (κ3) is 3.07. The van der Waals surface area contributed by atoms with E-state index in [9.17, 15) is 19.7 Å². The van der Waals surface area contributed by atoms with E-state index in [0.717, 1.165) is 16.8 Å². The highest BCUT2D eigenvalue weighted by Crippen LogP contribution is 2.17. The lowest BCUT2D eigenvalue weighted by Crippen LogP contribution is -2.28. The predicted octanol–water partition coefficient (Wildman–Crippen LogP) is 1.12. The van der Waals surface area contributed by atoms with Gasteiger partial charge in [-0.2, -0.15) is 0 Å². The highest BCUT2D eigenvalue weighted by molar-refractivity contribution is 9.10. The van der Waals surface area contributed by atoms with Gasteiger partial charge in [-0.15, -0.1) is 0 Å². The molecule has 0 radical (unpaired) electrons. The van der Waals surface area contributed by atoms with E-state index in [-0.39, 0.29) is 28.4 Å². The van der Waals surface area contributed by atoms with E-state index in [4.69, 9.17) is 4.74 Å². The molecule has 1 atom stereocenters. The van der Waals surface area contributed by atoms with E-state index in [0.29, 0.717) is 19.6 Å². The van der Waals surface area contributed by atoms with Crippen molar-refractivity contribution in [2.75, 3.05) is 13.2 Å². The van der Waals surface area contributed by atoms with Gasteiger partial charge in [-0.3, -0.25) is 19.7 Å². The summed E-state index contributed by atoms with van der Waals surface area (Å²) >= 11 is 2.96. The average molecular weight is 331 g/mol. The molecule has 2 heterocycles. The van der Waals surface area contributed by atoms with Crippen molar-refractivity contribution < 1.29 is 14.5 Å². The number of ketones is 1. The number of halogens is 1. The molecule has 0 saturated carbocycles. The summed E-state index contributed by atoms with van der Waals surface area (Å²) in [5.74, 6) is -0.378. The molecule has 1 unspecified atom stereocenters. The molecule has 1 aromatic rings. The lowest BCUT2D eigenvalue weighted by atomic mass is 10.0. The first-order chi connectivity index (χ1) is 8.99. The van der Waals surface area contributed by atoms with E-state index in [2.05, 4.69) is 15.9 Å². The lowest BCUT2D eigenvalue weighted by molar-refractivity contribution is -0.385. The zero-order valence-corrected chi connectivity index (χ0v) is 11.5. The van der Waals surface area contributed by atoms with Crippen LogP contribution in [0.4, 0.5) is 5.69 Å². The summed E-state index contributed by atoms with van der Waals surface area (Å²) in [7, 11) is 0. The third-order valence-corrected chi connectivity index (χ3v) is 3.52. The molecule has 1 aromatic heterocycles. The molecular weight excluding hydrogens is 320 g/mol. The van der Waals surface area contributed by atoms with E-state index < -0.39 is 10.5 Å². The summed E-state index contributed by atoms with van der Waals surface area (Å²) in [5.41, 5.74) is -0.695. The number of hydrogen-bond donors (Lipinski definition) is 0. The molecule has 0 bridgehead atoms. The van der Waals surface area contributed by atoms with Crippen LogP contribution in [0.2, 0.25) is 0 Å². The minimum atomic E-state index is -0.607. The molecule has 1 aliphatic rings. The maximum Gasteiger partial charge on any atom is 0.286 e. The van der Waals surface area contributed by atoms with E-state index in [1.54, 1.807) is 0 Å². The molecular formula is C11H11BrN2O5. The van der Waals surface area contributed by atoms with Gasteiger partial charge in [0.15, 0.2) is 5.78 Å². The summed E-state index contributed by atoms with van der Waals surface area (Å²) in [5, 5.41) is 10.7. The van der Waals surface area contributed by atoms with Crippen LogP contribution >= 0.6 is 15.9 Å². The maximum atomic E-state index is 11.9. The van der Waals surface area contributed by atoms with Gasteiger partial charge in [0, 0.05) is 18.6 Å². The molecule has 19 heavy (non-hydrogen) atoms. The summed E-state index contributed by atoms with van der Waals surface area (Å²) in [4.78, 5) is 33.9. The van der Waals surface area contributed by atoms with Gasteiger partial charge < -0.3 is 9.30 Å². The number of pyridine rings is 1. The molecule has 102 valence electrons. The molecule has 1 aliphatic heterocycles. The number of nitrogens with zero attached hydrogens (tertiary/aromatic N) is 2. The number of rotatable bonds is 4. The van der Waals surface area contributed by atoms with E-state index in [1.807, 2.05) is 0 Å². The predicted molar refractivity (Wildman–Crippen MR) is 69.0 cm³/mol. The highest BCUT2D eigenvalue weighted by Gasteiger charge is 2.24. The molecule has 8 heteroatoms. The Morgan fingerprint density at radius 3 is 2.95 bits per heavy atom. The van der Waals surface area contributed by atoms with Gasteiger partial charge >= 0.3 is 0 Å². The smallest absolute Gasteiger partial charge is 0.286 e. The Labute approximate surface area is 116 Å². The number of carbonyl (C=O) groups is 1. The minimum Gasteiger partial charge on any atom is -0.381 e. The maximum absolute atomic E-state index is 11.9. The standard InChI is InChI=1S/C11H11BrN2O5/c12-9-3-8(14(17)18)4-13(11(9)16)5-10(15)7-1-2-19-6-7/h3-4,7H,1-2,5-6H2. The zero-order valence-electron chi connectivity index (χ0n) is 9.87. The first-order valence-electron chi connectivity index (χ1n) is 5.64. The number of Topliss-reactive ketones (excluding diaryl/α,β-unsaturated/α-hetero) is 1. The van der Waals surface area contributed by atoms with Gasteiger partial charge in [0.2, 0.25) is 0 Å². The molecule has 0 amide bonds. The lowest BCUT2D eigenvalue weighted by Gasteiger charge is -2.09. The van der Waals surface area contributed by atoms with Crippen LogP contribution in [0.15, 0.2) is 21.5 Å². The van der Waals surface area contributed by atoms with Crippen LogP contribution in [-0.2, 0) is 16.1 Å². The average Bonchev–Trinajstić information content (AvgIpc) is 2.88. The molecule has 1 saturated heterocycles. The van der Waals surface area contributed by atoms with Crippen molar-refractivity contribution in [2.45, 2.75) is 13.0 Å². The van der Waals surface area contributed by atoms with Gasteiger partial charge in [0.25, 0.3) is 11.2 Å². The van der Waals surface area contributed by atoms with Crippen LogP contribution in [0.3, 0.4) is 0 Å². The summed E-state index contributed by atoms with van der Waals surface area (Å²) in [6, 6.07) is 1.13. The van der Waals surface area contributed by atoms with Gasteiger partial charge in [-0.1, -0.05) is 0 Å². The van der Waals surface area contributed by atoms with Crippen LogP contribution in [0.5, 0.6) is 0 Å². The van der Waals surface area contributed by atoms with Gasteiger partial charge in [0.1, 0.15) is 0 Å². The zero-order chi connectivity index (χ0) is 14.0. The normalized spacial score (nSPS) is 18.5. The van der Waals surface area contributed by atoms with E-state index in [1.165, 1.54) is 0 Å². The first-order valence-corrected chi connectivity index (χ1v) is 6.43. The summed E-state index contributed by atoms with van der Waals surface area (Å²) < 4.78 is 6.23. The number of carbonyl (C=O) groups excluding carboxylic acids is 1. The Bertz CT molecular complexity index is 577. The number of nitro groups is 1. The van der Waals surface area contributed by atoms with Crippen molar-refractivity contribution in [3.8, 4) is 0 Å². The minimum absolute atomic E-state index is 0.0668. The van der Waals surface area contributed by atoms with Crippen LogP contribution in [0, 0.1) is 16.0 Å². The monoisotopic (exact) mass is 330 g/mol. The Kier molecular flexibility index (Phi) is 4.11. The quantitative estimate of drug-likeness (QED) is 0.609. The van der Waals surface area contributed by atoms with Crippen molar-refractivity contribution in [1.82, 2.24) is 4.57 Å². The Balaban J connectivity index is 2.26. The molecule has 2 rings (SSSR count). The Morgan fingerprint density at radius 1 is 1.63 bits per heavy atom. The van der Waals surface area contributed by atoms with Crippen LogP contribution in [0.1, 0.15) is 6.42 Å². The number of hydrogen-bond acceptors (Lipinski definition) is 5.